The van der Waals surface area contributed by atoms with Crippen molar-refractivity contribution in [2.75, 3.05) is 39.4 Å². The van der Waals surface area contributed by atoms with Gasteiger partial charge in [-0.1, -0.05) is 30.3 Å². The molecule has 0 unspecified atom stereocenters. The van der Waals surface area contributed by atoms with E-state index in [0.717, 1.165) is 0 Å². The summed E-state index contributed by atoms with van der Waals surface area (Å²) in [5.74, 6) is -2.73. The Morgan fingerprint density at radius 1 is 1.00 bits per heavy atom. The highest BCUT2D eigenvalue weighted by Crippen LogP contribution is 2.17. The van der Waals surface area contributed by atoms with Crippen LogP contribution in [0.3, 0.4) is 0 Å². The van der Waals surface area contributed by atoms with Crippen molar-refractivity contribution >= 4 is 36.0 Å². The van der Waals surface area contributed by atoms with Crippen molar-refractivity contribution < 1.29 is 43.4 Å². The Kier molecular flexibility index (Phi) is 11.9. The highest BCUT2D eigenvalue weighted by Gasteiger charge is 2.31. The number of ether oxygens (including phenoxy) is 2. The van der Waals surface area contributed by atoms with Gasteiger partial charge >= 0.3 is 18.1 Å². The number of benzene rings is 1. The number of carbonyl (C=O) groups is 5. The molecule has 2 heterocycles. The van der Waals surface area contributed by atoms with E-state index in [1.165, 1.54) is 28.2 Å². The van der Waals surface area contributed by atoms with E-state index in [1.807, 2.05) is 6.07 Å². The predicted molar refractivity (Wildman–Crippen MR) is 148 cm³/mol. The minimum absolute atomic E-state index is 0.0897. The Morgan fingerprint density at radius 3 is 2.33 bits per heavy atom. The number of hydrogen-bond acceptors (Lipinski definition) is 11. The molecule has 0 bridgehead atoms. The number of hydrogen-bond donors (Lipinski definition) is 2. The largest absolute Gasteiger partial charge is 0.527 e. The summed E-state index contributed by atoms with van der Waals surface area (Å²) in [7, 11) is 0. The third-order valence-electron chi connectivity index (χ3n) is 5.95. The number of nitrogens with zero attached hydrogens (tertiary/aromatic N) is 4. The van der Waals surface area contributed by atoms with Gasteiger partial charge in [-0.15, -0.1) is 5.06 Å². The van der Waals surface area contributed by atoms with Crippen molar-refractivity contribution in [2.24, 2.45) is 0 Å². The number of carboxylic acids is 1. The second-order valence-corrected chi connectivity index (χ2v) is 8.94. The van der Waals surface area contributed by atoms with Crippen molar-refractivity contribution in [2.45, 2.75) is 32.7 Å². The van der Waals surface area contributed by atoms with Crippen LogP contribution in [0.1, 0.15) is 42.9 Å². The number of rotatable bonds is 12. The molecule has 1 atom stereocenters. The minimum atomic E-state index is -1.17. The van der Waals surface area contributed by atoms with Crippen molar-refractivity contribution in [1.82, 2.24) is 25.2 Å². The van der Waals surface area contributed by atoms with Gasteiger partial charge in [0.1, 0.15) is 11.7 Å². The lowest BCUT2D eigenvalue weighted by atomic mass is 10.1. The zero-order chi connectivity index (χ0) is 30.5. The van der Waals surface area contributed by atoms with Gasteiger partial charge in [0, 0.05) is 31.1 Å². The Morgan fingerprint density at radius 2 is 1.69 bits per heavy atom. The number of esters is 1. The topological polar surface area (TPSA) is 178 Å². The number of aliphatic carboxylic acids is 1. The average Bonchev–Trinajstić information content (AvgIpc) is 2.98. The van der Waals surface area contributed by atoms with Crippen molar-refractivity contribution in [1.29, 1.82) is 0 Å². The Labute approximate surface area is 242 Å². The molecular formula is C28H33N5O9. The fraction of sp³-hybridized carbons (Fsp3) is 0.393. The number of nitrogens with one attached hydrogen (secondary N) is 1. The van der Waals surface area contributed by atoms with Crippen LogP contribution >= 0.6 is 0 Å². The van der Waals surface area contributed by atoms with Crippen LogP contribution in [-0.4, -0.2) is 100 Å². The highest BCUT2D eigenvalue weighted by atomic mass is 16.8. The molecule has 0 aliphatic carbocycles. The second kappa shape index (κ2) is 15.8. The number of aromatic nitrogens is 2. The lowest BCUT2D eigenvalue weighted by molar-refractivity contribution is -0.157. The lowest BCUT2D eigenvalue weighted by Gasteiger charge is -2.35. The van der Waals surface area contributed by atoms with Gasteiger partial charge in [-0.2, -0.15) is 0 Å². The molecule has 1 saturated heterocycles. The third-order valence-corrected chi connectivity index (χ3v) is 5.95. The van der Waals surface area contributed by atoms with E-state index in [0.29, 0.717) is 5.56 Å². The number of carboxylic acid groups (broad SMARTS) is 1. The van der Waals surface area contributed by atoms with Crippen LogP contribution in [0.5, 0.6) is 0 Å². The van der Waals surface area contributed by atoms with Gasteiger partial charge in [-0.3, -0.25) is 14.4 Å². The first-order valence-corrected chi connectivity index (χ1v) is 13.4. The molecule has 224 valence electrons. The van der Waals surface area contributed by atoms with Gasteiger partial charge in [0.2, 0.25) is 5.91 Å². The van der Waals surface area contributed by atoms with Crippen molar-refractivity contribution in [3.05, 3.63) is 53.9 Å². The molecule has 1 aromatic carbocycles. The van der Waals surface area contributed by atoms with E-state index in [2.05, 4.69) is 15.3 Å². The summed E-state index contributed by atoms with van der Waals surface area (Å²) in [5, 5.41) is 13.2. The molecule has 14 nitrogen and oxygen atoms in total. The smallest absolute Gasteiger partial charge is 0.481 e. The predicted octanol–water partition coefficient (Wildman–Crippen LogP) is 1.92. The maximum Gasteiger partial charge on any atom is 0.527 e. The standard InChI is InChI=1S/C28H33N5O9/c1-3-40-24(36)13-10-20-18-22(30-25(29-20)19-8-6-5-7-9-19)26(37)31-21(11-12-23(34)35)27(38)32-14-16-33(17-15-32)42-28(39)41-4-2/h5-10,13,18,21H,3-4,11-12,14-17H2,1-2H3,(H,31,37)(H,34,35)/b13-10+/t21-/m0/s1. The Balaban J connectivity index is 1.80. The van der Waals surface area contributed by atoms with Gasteiger partial charge in [0.25, 0.3) is 5.91 Å². The first kappa shape index (κ1) is 31.7. The summed E-state index contributed by atoms with van der Waals surface area (Å²) in [4.78, 5) is 76.8. The molecule has 3 rings (SSSR count). The van der Waals surface area contributed by atoms with Crippen LogP contribution in [0, 0.1) is 0 Å². The van der Waals surface area contributed by atoms with E-state index < -0.39 is 36.0 Å². The van der Waals surface area contributed by atoms with Crippen LogP contribution in [0.4, 0.5) is 4.79 Å². The summed E-state index contributed by atoms with van der Waals surface area (Å²) in [5.41, 5.74) is 0.765. The van der Waals surface area contributed by atoms with Crippen LogP contribution in [0.2, 0.25) is 0 Å². The fourth-order valence-corrected chi connectivity index (χ4v) is 3.95. The van der Waals surface area contributed by atoms with Gasteiger partial charge in [-0.25, -0.2) is 19.6 Å². The summed E-state index contributed by atoms with van der Waals surface area (Å²) in [6.45, 7) is 4.41. The average molecular weight is 584 g/mol. The maximum absolute atomic E-state index is 13.4. The minimum Gasteiger partial charge on any atom is -0.481 e. The molecule has 14 heteroatoms. The monoisotopic (exact) mass is 583 g/mol. The zero-order valence-corrected chi connectivity index (χ0v) is 23.4. The van der Waals surface area contributed by atoms with E-state index >= 15 is 0 Å². The molecule has 1 aliphatic rings. The molecular weight excluding hydrogens is 550 g/mol. The number of piperazine rings is 1. The number of carbonyl (C=O) groups excluding carboxylic acids is 4. The van der Waals surface area contributed by atoms with Gasteiger partial charge in [0.15, 0.2) is 5.82 Å². The number of hydroxylamine groups is 2. The fourth-order valence-electron chi connectivity index (χ4n) is 3.95. The molecule has 2 N–H and O–H groups in total. The van der Waals surface area contributed by atoms with Crippen LogP contribution in [0.15, 0.2) is 42.5 Å². The van der Waals surface area contributed by atoms with E-state index in [1.54, 1.807) is 38.1 Å². The molecule has 2 amide bonds. The van der Waals surface area contributed by atoms with E-state index in [4.69, 9.17) is 14.3 Å². The van der Waals surface area contributed by atoms with Gasteiger partial charge in [0.05, 0.1) is 32.0 Å². The quantitative estimate of drug-likeness (QED) is 0.274. The zero-order valence-electron chi connectivity index (χ0n) is 23.4. The summed E-state index contributed by atoms with van der Waals surface area (Å²) >= 11 is 0. The van der Waals surface area contributed by atoms with E-state index in [9.17, 15) is 29.1 Å². The molecule has 1 aromatic heterocycles. The van der Waals surface area contributed by atoms with Crippen LogP contribution in [-0.2, 0) is 28.7 Å². The lowest BCUT2D eigenvalue weighted by Crippen LogP contribution is -2.55. The van der Waals surface area contributed by atoms with Gasteiger partial charge < -0.3 is 29.6 Å². The second-order valence-electron chi connectivity index (χ2n) is 8.94. The first-order chi connectivity index (χ1) is 20.2. The molecule has 2 aromatic rings. The molecule has 1 fully saturated rings. The highest BCUT2D eigenvalue weighted by molar-refractivity contribution is 5.97. The Bertz CT molecular complexity index is 1290. The van der Waals surface area contributed by atoms with E-state index in [-0.39, 0.29) is 69.4 Å². The summed E-state index contributed by atoms with van der Waals surface area (Å²) in [6.07, 6.45) is 1.18. The first-order valence-electron chi connectivity index (χ1n) is 13.4. The van der Waals surface area contributed by atoms with Crippen molar-refractivity contribution in [3.8, 4) is 11.4 Å². The maximum atomic E-state index is 13.4. The molecule has 0 radical (unpaired) electrons. The molecule has 0 saturated carbocycles. The van der Waals surface area contributed by atoms with Crippen LogP contribution < -0.4 is 5.32 Å². The summed E-state index contributed by atoms with van der Waals surface area (Å²) in [6, 6.07) is 9.04. The Hall–Kier alpha value is -4.85. The third kappa shape index (κ3) is 9.66. The summed E-state index contributed by atoms with van der Waals surface area (Å²) < 4.78 is 9.66. The van der Waals surface area contributed by atoms with Crippen molar-refractivity contribution in [3.63, 3.8) is 0 Å². The SMILES string of the molecule is CCOC(=O)/C=C/c1cc(C(=O)N[C@@H](CCC(=O)O)C(=O)N2CCN(OC(=O)OCC)CC2)nc(-c2ccccc2)n1. The molecule has 1 aliphatic heterocycles. The van der Waals surface area contributed by atoms with Gasteiger partial charge in [-0.05, 0) is 32.4 Å². The molecule has 42 heavy (non-hydrogen) atoms. The van der Waals surface area contributed by atoms with Crippen LogP contribution in [0.25, 0.3) is 17.5 Å². The molecule has 0 spiro atoms. The normalized spacial score (nSPS) is 14.2. The number of amides is 2.